The summed E-state index contributed by atoms with van der Waals surface area (Å²) in [4.78, 5) is 24.6. The molecule has 2 aromatic rings. The fraction of sp³-hybridized carbons (Fsp3) is 0.111. The lowest BCUT2D eigenvalue weighted by atomic mass is 9.89. The zero-order valence-electron chi connectivity index (χ0n) is 12.5. The number of hydrogen-bond donors (Lipinski definition) is 2. The average molecular weight is 310 g/mol. The molecule has 0 aromatic heterocycles. The highest BCUT2D eigenvalue weighted by atomic mass is 19.1. The predicted octanol–water partition coefficient (Wildman–Crippen LogP) is 3.34. The number of ketones is 1. The molecule has 0 spiro atoms. The van der Waals surface area contributed by atoms with E-state index < -0.39 is 17.9 Å². The predicted molar refractivity (Wildman–Crippen MR) is 84.3 cm³/mol. The van der Waals surface area contributed by atoms with Crippen molar-refractivity contribution in [1.82, 2.24) is 10.6 Å². The Bertz CT molecular complexity index is 800. The van der Waals surface area contributed by atoms with E-state index in [1.807, 2.05) is 6.07 Å². The van der Waals surface area contributed by atoms with Crippen molar-refractivity contribution in [3.63, 3.8) is 0 Å². The number of nitrogens with one attached hydrogen (secondary N) is 2. The number of urea groups is 1. The molecule has 0 fully saturated rings. The molecule has 1 aliphatic rings. The molecule has 5 heteroatoms. The third-order valence-electron chi connectivity index (χ3n) is 3.77. The first kappa shape index (κ1) is 15.0. The second kappa shape index (κ2) is 6.04. The molecule has 1 heterocycles. The van der Waals surface area contributed by atoms with Gasteiger partial charge in [0, 0.05) is 22.4 Å². The molecule has 4 nitrogen and oxygen atoms in total. The molecule has 0 radical (unpaired) electrons. The molecule has 23 heavy (non-hydrogen) atoms. The highest BCUT2D eigenvalue weighted by molar-refractivity contribution is 6.11. The standard InChI is InChI=1S/C18H15FN2O2/c1-11-15(17(22)12-7-3-2-4-8-12)16(21-18(23)20-11)13-9-5-6-10-14(13)19/h2-10,16H,1H3,(H2,20,21,23)/t16-/m1/s1. The topological polar surface area (TPSA) is 58.2 Å². The van der Waals surface area contributed by atoms with E-state index in [1.165, 1.54) is 6.07 Å². The second-order valence-electron chi connectivity index (χ2n) is 5.29. The van der Waals surface area contributed by atoms with Gasteiger partial charge in [0.1, 0.15) is 5.82 Å². The highest BCUT2D eigenvalue weighted by Gasteiger charge is 2.32. The van der Waals surface area contributed by atoms with Crippen LogP contribution in [0.3, 0.4) is 0 Å². The van der Waals surface area contributed by atoms with E-state index in [2.05, 4.69) is 10.6 Å². The smallest absolute Gasteiger partial charge is 0.319 e. The van der Waals surface area contributed by atoms with Crippen LogP contribution in [0.1, 0.15) is 28.9 Å². The zero-order chi connectivity index (χ0) is 16.4. The van der Waals surface area contributed by atoms with Crippen LogP contribution in [0, 0.1) is 5.82 Å². The minimum absolute atomic E-state index is 0.246. The van der Waals surface area contributed by atoms with Crippen molar-refractivity contribution in [2.45, 2.75) is 13.0 Å². The van der Waals surface area contributed by atoms with Crippen molar-refractivity contribution in [3.05, 3.63) is 82.8 Å². The first-order valence-corrected chi connectivity index (χ1v) is 7.20. The molecule has 3 rings (SSSR count). The quantitative estimate of drug-likeness (QED) is 0.854. The highest BCUT2D eigenvalue weighted by Crippen LogP contribution is 2.30. The third-order valence-corrected chi connectivity index (χ3v) is 3.77. The Hall–Kier alpha value is -2.95. The maximum atomic E-state index is 14.2. The Morgan fingerprint density at radius 3 is 2.39 bits per heavy atom. The van der Waals surface area contributed by atoms with E-state index in [0.717, 1.165) is 0 Å². The maximum absolute atomic E-state index is 14.2. The van der Waals surface area contributed by atoms with E-state index >= 15 is 0 Å². The van der Waals surface area contributed by atoms with Crippen LogP contribution >= 0.6 is 0 Å². The molecule has 0 aliphatic carbocycles. The van der Waals surface area contributed by atoms with Crippen LogP contribution in [0.25, 0.3) is 0 Å². The summed E-state index contributed by atoms with van der Waals surface area (Å²) in [6.07, 6.45) is 0. The largest absolute Gasteiger partial charge is 0.327 e. The third kappa shape index (κ3) is 2.85. The Morgan fingerprint density at radius 1 is 1.04 bits per heavy atom. The summed E-state index contributed by atoms with van der Waals surface area (Å²) < 4.78 is 14.2. The zero-order valence-corrected chi connectivity index (χ0v) is 12.5. The van der Waals surface area contributed by atoms with Crippen LogP contribution in [0.4, 0.5) is 9.18 Å². The van der Waals surface area contributed by atoms with Gasteiger partial charge in [-0.25, -0.2) is 9.18 Å². The Balaban J connectivity index is 2.10. The van der Waals surface area contributed by atoms with Gasteiger partial charge in [0.2, 0.25) is 0 Å². The Labute approximate surface area is 133 Å². The number of halogens is 1. The Kier molecular flexibility index (Phi) is 3.93. The van der Waals surface area contributed by atoms with E-state index in [4.69, 9.17) is 0 Å². The summed E-state index contributed by atoms with van der Waals surface area (Å²) >= 11 is 0. The van der Waals surface area contributed by atoms with Gasteiger partial charge in [-0.1, -0.05) is 48.5 Å². The normalized spacial score (nSPS) is 17.5. The SMILES string of the molecule is CC1=C(C(=O)c2ccccc2)[C@@H](c2ccccc2F)NC(=O)N1. The van der Waals surface area contributed by atoms with Gasteiger partial charge < -0.3 is 10.6 Å². The molecule has 1 atom stereocenters. The lowest BCUT2D eigenvalue weighted by Gasteiger charge is -2.28. The second-order valence-corrected chi connectivity index (χ2v) is 5.29. The van der Waals surface area contributed by atoms with Gasteiger partial charge in [-0.3, -0.25) is 4.79 Å². The monoisotopic (exact) mass is 310 g/mol. The number of rotatable bonds is 3. The molecule has 2 aromatic carbocycles. The van der Waals surface area contributed by atoms with Crippen LogP contribution in [0.15, 0.2) is 65.9 Å². The number of allylic oxidation sites excluding steroid dienone is 1. The van der Waals surface area contributed by atoms with Crippen molar-refractivity contribution in [2.24, 2.45) is 0 Å². The van der Waals surface area contributed by atoms with Crippen molar-refractivity contribution >= 4 is 11.8 Å². The number of Topliss-reactive ketones (excluding diaryl/α,β-unsaturated/α-hetero) is 1. The van der Waals surface area contributed by atoms with E-state index in [0.29, 0.717) is 16.8 Å². The van der Waals surface area contributed by atoms with Crippen LogP contribution in [-0.4, -0.2) is 11.8 Å². The molecule has 1 aliphatic heterocycles. The number of amides is 2. The fourth-order valence-electron chi connectivity index (χ4n) is 2.68. The first-order chi connectivity index (χ1) is 11.1. The van der Waals surface area contributed by atoms with Crippen LogP contribution in [0.5, 0.6) is 0 Å². The van der Waals surface area contributed by atoms with Crippen LogP contribution < -0.4 is 10.6 Å². The summed E-state index contributed by atoms with van der Waals surface area (Å²) in [5.74, 6) is -0.713. The molecule has 116 valence electrons. The van der Waals surface area contributed by atoms with Gasteiger partial charge >= 0.3 is 6.03 Å². The Morgan fingerprint density at radius 2 is 1.70 bits per heavy atom. The van der Waals surface area contributed by atoms with Gasteiger partial charge in [0.05, 0.1) is 6.04 Å². The van der Waals surface area contributed by atoms with Gasteiger partial charge in [-0.2, -0.15) is 0 Å². The number of carbonyl (C=O) groups excluding carboxylic acids is 2. The molecule has 0 saturated heterocycles. The molecule has 0 saturated carbocycles. The lowest BCUT2D eigenvalue weighted by Crippen LogP contribution is -2.45. The van der Waals surface area contributed by atoms with Gasteiger partial charge in [0.25, 0.3) is 0 Å². The number of carbonyl (C=O) groups is 2. The minimum atomic E-state index is -0.822. The lowest BCUT2D eigenvalue weighted by molar-refractivity contribution is 0.102. The van der Waals surface area contributed by atoms with Gasteiger partial charge in [-0.15, -0.1) is 0 Å². The van der Waals surface area contributed by atoms with Crippen molar-refractivity contribution in [3.8, 4) is 0 Å². The van der Waals surface area contributed by atoms with Crippen LogP contribution in [-0.2, 0) is 0 Å². The summed E-state index contributed by atoms with van der Waals surface area (Å²) in [6, 6.07) is 13.6. The summed E-state index contributed by atoms with van der Waals surface area (Å²) in [5.41, 5.74) is 1.51. The van der Waals surface area contributed by atoms with Crippen molar-refractivity contribution < 1.29 is 14.0 Å². The van der Waals surface area contributed by atoms with Gasteiger partial charge in [0.15, 0.2) is 5.78 Å². The van der Waals surface area contributed by atoms with E-state index in [-0.39, 0.29) is 11.3 Å². The molecule has 0 bridgehead atoms. The number of benzene rings is 2. The summed E-state index contributed by atoms with van der Waals surface area (Å²) in [7, 11) is 0. The first-order valence-electron chi connectivity index (χ1n) is 7.20. The minimum Gasteiger partial charge on any atom is -0.327 e. The summed E-state index contributed by atoms with van der Waals surface area (Å²) in [5, 5.41) is 5.22. The number of hydrogen-bond acceptors (Lipinski definition) is 2. The average Bonchev–Trinajstić information content (AvgIpc) is 2.55. The van der Waals surface area contributed by atoms with E-state index in [1.54, 1.807) is 49.4 Å². The molecule has 0 unspecified atom stereocenters. The van der Waals surface area contributed by atoms with Crippen LogP contribution in [0.2, 0.25) is 0 Å². The molecule has 2 N–H and O–H groups in total. The van der Waals surface area contributed by atoms with Crippen molar-refractivity contribution in [2.75, 3.05) is 0 Å². The summed E-state index contributed by atoms with van der Waals surface area (Å²) in [6.45, 7) is 1.64. The maximum Gasteiger partial charge on any atom is 0.319 e. The molecular formula is C18H15FN2O2. The fourth-order valence-corrected chi connectivity index (χ4v) is 2.68. The van der Waals surface area contributed by atoms with Crippen molar-refractivity contribution in [1.29, 1.82) is 0 Å². The molecule has 2 amide bonds. The molecular weight excluding hydrogens is 295 g/mol. The van der Waals surface area contributed by atoms with Gasteiger partial charge in [-0.05, 0) is 13.0 Å². The van der Waals surface area contributed by atoms with E-state index in [9.17, 15) is 14.0 Å².